The Morgan fingerprint density at radius 1 is 1.31 bits per heavy atom. The molecule has 0 aromatic rings. The van der Waals surface area contributed by atoms with Gasteiger partial charge >= 0.3 is 0 Å². The van der Waals surface area contributed by atoms with Crippen molar-refractivity contribution in [3.8, 4) is 0 Å². The van der Waals surface area contributed by atoms with Crippen LogP contribution < -0.4 is 5.32 Å². The molecule has 0 aliphatic carbocycles. The monoisotopic (exact) mass is 226 g/mol. The highest BCUT2D eigenvalue weighted by atomic mass is 15.1. The molecule has 0 saturated carbocycles. The van der Waals surface area contributed by atoms with Gasteiger partial charge in [0.15, 0.2) is 0 Å². The van der Waals surface area contributed by atoms with E-state index in [1.165, 1.54) is 58.4 Å². The van der Waals surface area contributed by atoms with Crippen molar-refractivity contribution in [1.29, 1.82) is 0 Å². The molecule has 1 aliphatic rings. The molecule has 1 fully saturated rings. The predicted molar refractivity (Wildman–Crippen MR) is 71.8 cm³/mol. The van der Waals surface area contributed by atoms with Crippen molar-refractivity contribution in [2.45, 2.75) is 46.5 Å². The van der Waals surface area contributed by atoms with E-state index in [0.29, 0.717) is 0 Å². The molecule has 2 nitrogen and oxygen atoms in total. The minimum absolute atomic E-state index is 0.888. The quantitative estimate of drug-likeness (QED) is 0.718. The summed E-state index contributed by atoms with van der Waals surface area (Å²) in [6.45, 7) is 13.3. The van der Waals surface area contributed by atoms with Crippen molar-refractivity contribution in [2.24, 2.45) is 11.8 Å². The Balaban J connectivity index is 2.19. The van der Waals surface area contributed by atoms with Crippen LogP contribution in [-0.2, 0) is 0 Å². The molecule has 1 rings (SSSR count). The summed E-state index contributed by atoms with van der Waals surface area (Å²) in [5, 5.41) is 3.53. The maximum Gasteiger partial charge on any atom is -0.00162 e. The number of nitrogens with zero attached hydrogens (tertiary/aromatic N) is 1. The lowest BCUT2D eigenvalue weighted by Gasteiger charge is -2.30. The number of nitrogens with one attached hydrogen (secondary N) is 1. The average Bonchev–Trinajstić information content (AvgIpc) is 2.35. The topological polar surface area (TPSA) is 15.3 Å². The summed E-state index contributed by atoms with van der Waals surface area (Å²) in [5.74, 6) is 1.81. The summed E-state index contributed by atoms with van der Waals surface area (Å²) in [6.07, 6.45) is 5.48. The highest BCUT2D eigenvalue weighted by Gasteiger charge is 2.19. The second-order valence-corrected chi connectivity index (χ2v) is 5.31. The molecular formula is C14H30N2. The maximum atomic E-state index is 3.53. The lowest BCUT2D eigenvalue weighted by molar-refractivity contribution is 0.218. The van der Waals surface area contributed by atoms with Crippen LogP contribution in [0.4, 0.5) is 0 Å². The summed E-state index contributed by atoms with van der Waals surface area (Å²) in [6, 6.07) is 0. The van der Waals surface area contributed by atoms with Crippen LogP contribution in [0, 0.1) is 11.8 Å². The molecule has 1 aliphatic heterocycles. The van der Waals surface area contributed by atoms with E-state index in [1.807, 2.05) is 0 Å². The Bertz CT molecular complexity index is 164. The Morgan fingerprint density at radius 2 is 2.12 bits per heavy atom. The third-order valence-corrected chi connectivity index (χ3v) is 4.03. The maximum absolute atomic E-state index is 3.53. The van der Waals surface area contributed by atoms with Crippen LogP contribution in [0.15, 0.2) is 0 Å². The van der Waals surface area contributed by atoms with Crippen LogP contribution in [-0.4, -0.2) is 37.6 Å². The minimum atomic E-state index is 0.888. The first-order valence-corrected chi connectivity index (χ1v) is 7.21. The molecule has 0 spiro atoms. The van der Waals surface area contributed by atoms with Crippen LogP contribution in [0.5, 0.6) is 0 Å². The van der Waals surface area contributed by atoms with E-state index in [1.54, 1.807) is 0 Å². The van der Waals surface area contributed by atoms with Gasteiger partial charge in [-0.1, -0.05) is 20.8 Å². The molecule has 0 aromatic carbocycles. The van der Waals surface area contributed by atoms with Crippen LogP contribution in [0.2, 0.25) is 0 Å². The van der Waals surface area contributed by atoms with Gasteiger partial charge in [0.05, 0.1) is 0 Å². The molecular weight excluding hydrogens is 196 g/mol. The van der Waals surface area contributed by atoms with Gasteiger partial charge in [0, 0.05) is 0 Å². The van der Waals surface area contributed by atoms with Crippen molar-refractivity contribution < 1.29 is 0 Å². The molecule has 0 radical (unpaired) electrons. The van der Waals surface area contributed by atoms with E-state index in [-0.39, 0.29) is 0 Å². The summed E-state index contributed by atoms with van der Waals surface area (Å²) in [4.78, 5) is 2.59. The standard InChI is InChI=1S/C14H30N2/c1-4-10-16(5-2)11-8-13(3)14-7-6-9-15-12-14/h13-15H,4-12H2,1-3H3. The normalized spacial score (nSPS) is 23.6. The molecule has 96 valence electrons. The van der Waals surface area contributed by atoms with Gasteiger partial charge in [-0.25, -0.2) is 0 Å². The summed E-state index contributed by atoms with van der Waals surface area (Å²) in [7, 11) is 0. The lowest BCUT2D eigenvalue weighted by Crippen LogP contribution is -2.35. The molecule has 16 heavy (non-hydrogen) atoms. The number of rotatable bonds is 7. The van der Waals surface area contributed by atoms with E-state index in [9.17, 15) is 0 Å². The van der Waals surface area contributed by atoms with Gasteiger partial charge in [-0.3, -0.25) is 0 Å². The Labute approximate surface area is 102 Å². The molecule has 1 saturated heterocycles. The van der Waals surface area contributed by atoms with Gasteiger partial charge in [-0.15, -0.1) is 0 Å². The van der Waals surface area contributed by atoms with Gasteiger partial charge in [0.2, 0.25) is 0 Å². The average molecular weight is 226 g/mol. The van der Waals surface area contributed by atoms with Crippen molar-refractivity contribution in [3.63, 3.8) is 0 Å². The van der Waals surface area contributed by atoms with Crippen molar-refractivity contribution in [1.82, 2.24) is 10.2 Å². The van der Waals surface area contributed by atoms with Crippen molar-refractivity contribution >= 4 is 0 Å². The molecule has 0 bridgehead atoms. The summed E-state index contributed by atoms with van der Waals surface area (Å²) < 4.78 is 0. The molecule has 2 heteroatoms. The largest absolute Gasteiger partial charge is 0.316 e. The minimum Gasteiger partial charge on any atom is -0.316 e. The molecule has 2 atom stereocenters. The fourth-order valence-electron chi connectivity index (χ4n) is 2.73. The lowest BCUT2D eigenvalue weighted by atomic mass is 9.85. The Morgan fingerprint density at radius 3 is 2.69 bits per heavy atom. The van der Waals surface area contributed by atoms with Gasteiger partial charge in [-0.05, 0) is 70.2 Å². The smallest absolute Gasteiger partial charge is 0.00162 e. The zero-order valence-electron chi connectivity index (χ0n) is 11.5. The number of piperidine rings is 1. The van der Waals surface area contributed by atoms with E-state index in [2.05, 4.69) is 31.0 Å². The third-order valence-electron chi connectivity index (χ3n) is 4.03. The van der Waals surface area contributed by atoms with E-state index in [0.717, 1.165) is 11.8 Å². The van der Waals surface area contributed by atoms with Gasteiger partial charge in [0.25, 0.3) is 0 Å². The van der Waals surface area contributed by atoms with Gasteiger partial charge < -0.3 is 10.2 Å². The van der Waals surface area contributed by atoms with Crippen LogP contribution in [0.3, 0.4) is 0 Å². The second-order valence-electron chi connectivity index (χ2n) is 5.31. The zero-order valence-corrected chi connectivity index (χ0v) is 11.5. The predicted octanol–water partition coefficient (Wildman–Crippen LogP) is 2.74. The summed E-state index contributed by atoms with van der Waals surface area (Å²) in [5.41, 5.74) is 0. The summed E-state index contributed by atoms with van der Waals surface area (Å²) >= 11 is 0. The Kier molecular flexibility index (Phi) is 7.06. The molecule has 2 unspecified atom stereocenters. The Hall–Kier alpha value is -0.0800. The fraction of sp³-hybridized carbons (Fsp3) is 1.00. The SMILES string of the molecule is CCCN(CC)CCC(C)C1CCCNC1. The van der Waals surface area contributed by atoms with Crippen LogP contribution in [0.1, 0.15) is 46.5 Å². The van der Waals surface area contributed by atoms with Crippen molar-refractivity contribution in [2.75, 3.05) is 32.7 Å². The van der Waals surface area contributed by atoms with E-state index >= 15 is 0 Å². The molecule has 1 N–H and O–H groups in total. The number of hydrogen-bond donors (Lipinski definition) is 1. The second kappa shape index (κ2) is 8.08. The van der Waals surface area contributed by atoms with Gasteiger partial charge in [0.1, 0.15) is 0 Å². The first-order chi connectivity index (χ1) is 7.77. The first-order valence-electron chi connectivity index (χ1n) is 7.21. The highest BCUT2D eigenvalue weighted by molar-refractivity contribution is 4.74. The van der Waals surface area contributed by atoms with E-state index < -0.39 is 0 Å². The third kappa shape index (κ3) is 4.84. The first kappa shape index (κ1) is 14.0. The molecule has 0 amide bonds. The fourth-order valence-corrected chi connectivity index (χ4v) is 2.73. The highest BCUT2D eigenvalue weighted by Crippen LogP contribution is 2.22. The van der Waals surface area contributed by atoms with Crippen LogP contribution >= 0.6 is 0 Å². The molecule has 0 aromatic heterocycles. The molecule has 1 heterocycles. The van der Waals surface area contributed by atoms with E-state index in [4.69, 9.17) is 0 Å². The van der Waals surface area contributed by atoms with Crippen molar-refractivity contribution in [3.05, 3.63) is 0 Å². The number of hydrogen-bond acceptors (Lipinski definition) is 2. The zero-order chi connectivity index (χ0) is 11.8. The van der Waals surface area contributed by atoms with Gasteiger partial charge in [-0.2, -0.15) is 0 Å². The van der Waals surface area contributed by atoms with Crippen LogP contribution in [0.25, 0.3) is 0 Å².